The van der Waals surface area contributed by atoms with Crippen molar-refractivity contribution in [3.05, 3.63) is 89.7 Å². The van der Waals surface area contributed by atoms with Gasteiger partial charge in [0.15, 0.2) is 5.11 Å². The number of rotatable bonds is 6. The summed E-state index contributed by atoms with van der Waals surface area (Å²) < 4.78 is 18.6. The van der Waals surface area contributed by atoms with Crippen molar-refractivity contribution in [3.8, 4) is 11.5 Å². The van der Waals surface area contributed by atoms with Crippen LogP contribution in [0, 0.1) is 5.82 Å². The van der Waals surface area contributed by atoms with Crippen LogP contribution in [-0.4, -0.2) is 17.3 Å². The van der Waals surface area contributed by atoms with Crippen LogP contribution in [0.2, 0.25) is 0 Å². The number of para-hydroxylation sites is 3. The first-order valence-electron chi connectivity index (χ1n) is 8.78. The molecule has 0 unspecified atom stereocenters. The Morgan fingerprint density at radius 1 is 1.04 bits per heavy atom. The van der Waals surface area contributed by atoms with E-state index in [0.29, 0.717) is 24.0 Å². The SMILES string of the molecule is COc1ccccc1N(Cc1ccccc1O)C(=S)NCc1ccc(F)cc1. The van der Waals surface area contributed by atoms with Crippen molar-refractivity contribution >= 4 is 23.0 Å². The van der Waals surface area contributed by atoms with Crippen LogP contribution in [0.3, 0.4) is 0 Å². The first-order chi connectivity index (χ1) is 13.6. The monoisotopic (exact) mass is 396 g/mol. The predicted molar refractivity (Wildman–Crippen MR) is 113 cm³/mol. The molecule has 3 aromatic rings. The van der Waals surface area contributed by atoms with E-state index in [1.807, 2.05) is 41.3 Å². The molecule has 0 aromatic heterocycles. The lowest BCUT2D eigenvalue weighted by atomic mass is 10.1. The number of hydrogen-bond donors (Lipinski definition) is 2. The van der Waals surface area contributed by atoms with E-state index in [2.05, 4.69) is 5.32 Å². The van der Waals surface area contributed by atoms with Gasteiger partial charge in [-0.1, -0.05) is 42.5 Å². The van der Waals surface area contributed by atoms with E-state index < -0.39 is 0 Å². The summed E-state index contributed by atoms with van der Waals surface area (Å²) >= 11 is 5.64. The van der Waals surface area contributed by atoms with Crippen LogP contribution in [0.1, 0.15) is 11.1 Å². The highest BCUT2D eigenvalue weighted by Gasteiger charge is 2.18. The zero-order chi connectivity index (χ0) is 19.9. The number of thiocarbonyl (C=S) groups is 1. The fourth-order valence-corrected chi connectivity index (χ4v) is 3.04. The second kappa shape index (κ2) is 9.19. The molecule has 0 aliphatic carbocycles. The van der Waals surface area contributed by atoms with Gasteiger partial charge in [0.05, 0.1) is 19.3 Å². The van der Waals surface area contributed by atoms with E-state index in [1.165, 1.54) is 12.1 Å². The van der Waals surface area contributed by atoms with E-state index >= 15 is 0 Å². The predicted octanol–water partition coefficient (Wildman–Crippen LogP) is 4.62. The molecule has 2 N–H and O–H groups in total. The van der Waals surface area contributed by atoms with Crippen LogP contribution in [0.25, 0.3) is 0 Å². The molecule has 3 rings (SSSR count). The Morgan fingerprint density at radius 2 is 1.71 bits per heavy atom. The van der Waals surface area contributed by atoms with Gasteiger partial charge in [-0.3, -0.25) is 0 Å². The number of halogens is 1. The highest BCUT2D eigenvalue weighted by Crippen LogP contribution is 2.30. The van der Waals surface area contributed by atoms with Gasteiger partial charge in [-0.05, 0) is 48.1 Å². The van der Waals surface area contributed by atoms with Gasteiger partial charge in [0.1, 0.15) is 17.3 Å². The fraction of sp³-hybridized carbons (Fsp3) is 0.136. The number of nitrogens with one attached hydrogen (secondary N) is 1. The van der Waals surface area contributed by atoms with Crippen LogP contribution < -0.4 is 15.0 Å². The van der Waals surface area contributed by atoms with Gasteiger partial charge in [-0.25, -0.2) is 4.39 Å². The van der Waals surface area contributed by atoms with Crippen molar-refractivity contribution in [2.75, 3.05) is 12.0 Å². The summed E-state index contributed by atoms with van der Waals surface area (Å²) in [7, 11) is 1.60. The normalized spacial score (nSPS) is 10.4. The number of hydrogen-bond acceptors (Lipinski definition) is 3. The maximum atomic E-state index is 13.1. The van der Waals surface area contributed by atoms with Crippen molar-refractivity contribution in [2.45, 2.75) is 13.1 Å². The summed E-state index contributed by atoms with van der Waals surface area (Å²) in [6.07, 6.45) is 0. The number of phenolic OH excluding ortho intramolecular Hbond substituents is 1. The summed E-state index contributed by atoms with van der Waals surface area (Å²) in [5.41, 5.74) is 2.43. The molecule has 0 saturated carbocycles. The second-order valence-corrected chi connectivity index (χ2v) is 6.56. The molecule has 0 bridgehead atoms. The third kappa shape index (κ3) is 4.78. The molecule has 6 heteroatoms. The van der Waals surface area contributed by atoms with Gasteiger partial charge in [0.25, 0.3) is 0 Å². The third-order valence-electron chi connectivity index (χ3n) is 4.30. The Hall–Kier alpha value is -3.12. The summed E-state index contributed by atoms with van der Waals surface area (Å²) in [5, 5.41) is 13.9. The highest BCUT2D eigenvalue weighted by molar-refractivity contribution is 7.80. The molecule has 0 saturated heterocycles. The lowest BCUT2D eigenvalue weighted by Gasteiger charge is -2.28. The summed E-state index contributed by atoms with van der Waals surface area (Å²) in [5.74, 6) is 0.592. The van der Waals surface area contributed by atoms with E-state index in [0.717, 1.165) is 16.8 Å². The zero-order valence-corrected chi connectivity index (χ0v) is 16.2. The van der Waals surface area contributed by atoms with Crippen molar-refractivity contribution < 1.29 is 14.2 Å². The molecular weight excluding hydrogens is 375 g/mol. The number of aromatic hydroxyl groups is 1. The first-order valence-corrected chi connectivity index (χ1v) is 9.19. The van der Waals surface area contributed by atoms with Gasteiger partial charge in [0.2, 0.25) is 0 Å². The maximum absolute atomic E-state index is 13.1. The average Bonchev–Trinajstić information content (AvgIpc) is 2.72. The standard InChI is InChI=1S/C22H21FN2O2S/c1-27-21-9-5-3-7-19(21)25(15-17-6-2-4-8-20(17)26)22(28)24-14-16-10-12-18(23)13-11-16/h2-13,26H,14-15H2,1H3,(H,24,28). The largest absolute Gasteiger partial charge is 0.508 e. The molecule has 0 radical (unpaired) electrons. The molecular formula is C22H21FN2O2S. The Labute approximate surface area is 169 Å². The number of benzene rings is 3. The van der Waals surface area contributed by atoms with Crippen LogP contribution in [0.4, 0.5) is 10.1 Å². The van der Waals surface area contributed by atoms with E-state index in [4.69, 9.17) is 17.0 Å². The number of nitrogens with zero attached hydrogens (tertiary/aromatic N) is 1. The van der Waals surface area contributed by atoms with E-state index in [-0.39, 0.29) is 11.6 Å². The maximum Gasteiger partial charge on any atom is 0.174 e. The molecule has 3 aromatic carbocycles. The molecule has 144 valence electrons. The van der Waals surface area contributed by atoms with Gasteiger partial charge < -0.3 is 20.1 Å². The quantitative estimate of drug-likeness (QED) is 0.595. The second-order valence-electron chi connectivity index (χ2n) is 6.17. The van der Waals surface area contributed by atoms with Crippen LogP contribution >= 0.6 is 12.2 Å². The minimum atomic E-state index is -0.276. The van der Waals surface area contributed by atoms with Crippen LogP contribution in [0.5, 0.6) is 11.5 Å². The van der Waals surface area contributed by atoms with Gasteiger partial charge in [-0.2, -0.15) is 0 Å². The molecule has 0 atom stereocenters. The third-order valence-corrected chi connectivity index (χ3v) is 4.66. The van der Waals surface area contributed by atoms with Crippen LogP contribution in [-0.2, 0) is 13.1 Å². The molecule has 0 heterocycles. The summed E-state index contributed by atoms with van der Waals surface area (Å²) in [6.45, 7) is 0.813. The van der Waals surface area contributed by atoms with E-state index in [9.17, 15) is 9.50 Å². The Balaban J connectivity index is 1.85. The van der Waals surface area contributed by atoms with Gasteiger partial charge in [-0.15, -0.1) is 0 Å². The minimum Gasteiger partial charge on any atom is -0.508 e. The topological polar surface area (TPSA) is 44.7 Å². The zero-order valence-electron chi connectivity index (χ0n) is 15.4. The smallest absolute Gasteiger partial charge is 0.174 e. The van der Waals surface area contributed by atoms with Crippen molar-refractivity contribution in [3.63, 3.8) is 0 Å². The molecule has 28 heavy (non-hydrogen) atoms. The minimum absolute atomic E-state index is 0.198. The first kappa shape index (κ1) is 19.6. The van der Waals surface area contributed by atoms with Crippen molar-refractivity contribution in [2.24, 2.45) is 0 Å². The lowest BCUT2D eigenvalue weighted by Crippen LogP contribution is -2.39. The summed E-state index contributed by atoms with van der Waals surface area (Å²) in [6, 6.07) is 20.9. The van der Waals surface area contributed by atoms with Gasteiger partial charge in [0, 0.05) is 12.1 Å². The Kier molecular flexibility index (Phi) is 6.45. The van der Waals surface area contributed by atoms with Crippen LogP contribution in [0.15, 0.2) is 72.8 Å². The number of ether oxygens (including phenoxy) is 1. The Bertz CT molecular complexity index is 947. The number of anilines is 1. The highest BCUT2D eigenvalue weighted by atomic mass is 32.1. The molecule has 0 spiro atoms. The summed E-state index contributed by atoms with van der Waals surface area (Å²) in [4.78, 5) is 1.87. The van der Waals surface area contributed by atoms with Crippen molar-refractivity contribution in [1.82, 2.24) is 5.32 Å². The average molecular weight is 396 g/mol. The molecule has 0 aliphatic heterocycles. The number of phenols is 1. The molecule has 0 amide bonds. The molecule has 4 nitrogen and oxygen atoms in total. The van der Waals surface area contributed by atoms with Gasteiger partial charge >= 0.3 is 0 Å². The lowest BCUT2D eigenvalue weighted by molar-refractivity contribution is 0.415. The van der Waals surface area contributed by atoms with Crippen molar-refractivity contribution in [1.29, 1.82) is 0 Å². The Morgan fingerprint density at radius 3 is 2.43 bits per heavy atom. The number of methoxy groups -OCH3 is 1. The fourth-order valence-electron chi connectivity index (χ4n) is 2.81. The molecule has 0 fully saturated rings. The molecule has 0 aliphatic rings. The van der Waals surface area contributed by atoms with E-state index in [1.54, 1.807) is 31.4 Å².